The number of pyridine rings is 1. The van der Waals surface area contributed by atoms with Crippen LogP contribution in [0.1, 0.15) is 40.6 Å². The molecule has 2 amide bonds. The molecule has 5 N–H and O–H groups in total. The molecule has 0 fully saturated rings. The molecule has 1 aromatic heterocycles. The molecule has 0 aliphatic heterocycles. The summed E-state index contributed by atoms with van der Waals surface area (Å²) in [7, 11) is 0. The van der Waals surface area contributed by atoms with Crippen LogP contribution in [0.15, 0.2) is 59.9 Å². The van der Waals surface area contributed by atoms with Gasteiger partial charge in [0.15, 0.2) is 0 Å². The van der Waals surface area contributed by atoms with Crippen LogP contribution in [0.25, 0.3) is 10.9 Å². The number of allylic oxidation sites excluding steroid dienone is 1. The first-order chi connectivity index (χ1) is 15.2. The van der Waals surface area contributed by atoms with Gasteiger partial charge in [-0.2, -0.15) is 0 Å². The zero-order chi connectivity index (χ0) is 23.3. The number of carbonyl (C=O) groups is 2. The maximum Gasteiger partial charge on any atom is 0.267 e. The average molecular weight is 440 g/mol. The molecule has 9 heteroatoms. The van der Waals surface area contributed by atoms with Crippen LogP contribution < -0.4 is 21.5 Å². The summed E-state index contributed by atoms with van der Waals surface area (Å²) in [6.45, 7) is 2.15. The molecule has 0 radical (unpaired) electrons. The first-order valence-electron chi connectivity index (χ1n) is 9.79. The third kappa shape index (κ3) is 5.57. The minimum Gasteiger partial charge on any atom is -0.494 e. The lowest BCUT2D eigenvalue weighted by molar-refractivity contribution is 0.0966. The van der Waals surface area contributed by atoms with Gasteiger partial charge in [-0.15, -0.1) is 0 Å². The number of nitrogens with zero attached hydrogens (tertiary/aromatic N) is 1. The normalized spacial score (nSPS) is 11.7. The number of halogens is 2. The highest BCUT2D eigenvalue weighted by Crippen LogP contribution is 2.20. The predicted molar refractivity (Wildman–Crippen MR) is 116 cm³/mol. The summed E-state index contributed by atoms with van der Waals surface area (Å²) >= 11 is 0. The average Bonchev–Trinajstić information content (AvgIpc) is 2.76. The Morgan fingerprint density at radius 2 is 1.72 bits per heavy atom. The molecule has 166 valence electrons. The second-order valence-corrected chi connectivity index (χ2v) is 7.13. The lowest BCUT2D eigenvalue weighted by Gasteiger charge is -2.12. The van der Waals surface area contributed by atoms with E-state index in [2.05, 4.69) is 10.3 Å². The number of hydrogen-bond acceptors (Lipinski definition) is 5. The molecule has 0 aliphatic carbocycles. The highest BCUT2D eigenvalue weighted by molar-refractivity contribution is 6.08. The highest BCUT2D eigenvalue weighted by Gasteiger charge is 2.17. The highest BCUT2D eigenvalue weighted by atomic mass is 19.1. The number of fused-ring (bicyclic) bond motifs is 1. The lowest BCUT2D eigenvalue weighted by atomic mass is 10.1. The van der Waals surface area contributed by atoms with Crippen LogP contribution in [0.2, 0.25) is 0 Å². The summed E-state index contributed by atoms with van der Waals surface area (Å²) in [4.78, 5) is 28.4. The van der Waals surface area contributed by atoms with Crippen LogP contribution in [0.3, 0.4) is 0 Å². The van der Waals surface area contributed by atoms with Crippen molar-refractivity contribution in [2.75, 3.05) is 6.61 Å². The van der Waals surface area contributed by atoms with Gasteiger partial charge in [0.1, 0.15) is 28.9 Å². The van der Waals surface area contributed by atoms with Crippen molar-refractivity contribution in [2.45, 2.75) is 19.8 Å². The molecule has 7 nitrogen and oxygen atoms in total. The van der Waals surface area contributed by atoms with Gasteiger partial charge in [0.2, 0.25) is 0 Å². The smallest absolute Gasteiger partial charge is 0.267 e. The summed E-state index contributed by atoms with van der Waals surface area (Å²) in [5.41, 5.74) is 12.1. The van der Waals surface area contributed by atoms with Gasteiger partial charge in [-0.05, 0) is 67.8 Å². The number of primary amides is 1. The molecule has 3 rings (SSSR count). The molecule has 1 heterocycles. The fourth-order valence-corrected chi connectivity index (χ4v) is 3.00. The van der Waals surface area contributed by atoms with Crippen molar-refractivity contribution in [1.82, 2.24) is 10.3 Å². The molecule has 2 aromatic carbocycles. The van der Waals surface area contributed by atoms with E-state index in [1.165, 1.54) is 42.5 Å². The van der Waals surface area contributed by atoms with E-state index >= 15 is 0 Å². The van der Waals surface area contributed by atoms with Gasteiger partial charge in [-0.25, -0.2) is 13.8 Å². The number of amides is 2. The Labute approximate surface area is 183 Å². The zero-order valence-corrected chi connectivity index (χ0v) is 17.3. The van der Waals surface area contributed by atoms with Crippen molar-refractivity contribution in [2.24, 2.45) is 11.5 Å². The van der Waals surface area contributed by atoms with Gasteiger partial charge >= 0.3 is 0 Å². The lowest BCUT2D eigenvalue weighted by Crippen LogP contribution is -2.29. The number of rotatable bonds is 8. The first kappa shape index (κ1) is 22.7. The van der Waals surface area contributed by atoms with E-state index in [1.54, 1.807) is 6.92 Å². The van der Waals surface area contributed by atoms with Crippen molar-refractivity contribution in [3.05, 3.63) is 82.8 Å². The van der Waals surface area contributed by atoms with E-state index in [1.807, 2.05) is 0 Å². The third-order valence-corrected chi connectivity index (χ3v) is 4.76. The summed E-state index contributed by atoms with van der Waals surface area (Å²) in [6, 6.07) is 10.7. The number of carbonyl (C=O) groups excluding carboxylic acids is 2. The monoisotopic (exact) mass is 440 g/mol. The maximum absolute atomic E-state index is 13.6. The van der Waals surface area contributed by atoms with E-state index in [4.69, 9.17) is 16.2 Å². The molecule has 0 spiro atoms. The molecule has 0 saturated heterocycles. The fraction of sp³-hybridized carbons (Fsp3) is 0.174. The van der Waals surface area contributed by atoms with Gasteiger partial charge in [-0.1, -0.05) is 0 Å². The van der Waals surface area contributed by atoms with Crippen LogP contribution in [0, 0.1) is 11.6 Å². The van der Waals surface area contributed by atoms with Gasteiger partial charge in [-0.3, -0.25) is 9.59 Å². The van der Waals surface area contributed by atoms with Crippen LogP contribution in [-0.4, -0.2) is 23.4 Å². The SMILES string of the molecule is C/C(CCCOc1ccc(F)cc1)=C(/N)NC(=O)c1cc(C(N)=O)nc2cc(F)ccc12. The molecule has 3 aromatic rings. The largest absolute Gasteiger partial charge is 0.494 e. The summed E-state index contributed by atoms with van der Waals surface area (Å²) in [5.74, 6) is -1.60. The Bertz CT molecular complexity index is 1190. The third-order valence-electron chi connectivity index (χ3n) is 4.76. The minimum absolute atomic E-state index is 0.0965. The molecular formula is C23H22F2N4O3. The van der Waals surface area contributed by atoms with Crippen molar-refractivity contribution >= 4 is 22.7 Å². The Balaban J connectivity index is 1.68. The fourth-order valence-electron chi connectivity index (χ4n) is 3.00. The standard InChI is InChI=1S/C23H22F2N4O3/c1-13(3-2-10-32-16-7-4-14(24)5-8-16)21(26)29-23(31)18-12-20(22(27)30)28-19-11-15(25)6-9-17(18)19/h4-9,11-12H,2-3,10,26H2,1H3,(H2,27,30)(H,29,31)/b21-13+. The number of benzene rings is 2. The van der Waals surface area contributed by atoms with E-state index in [9.17, 15) is 18.4 Å². The summed E-state index contributed by atoms with van der Waals surface area (Å²) in [5, 5.41) is 2.95. The van der Waals surface area contributed by atoms with Crippen molar-refractivity contribution in [3.8, 4) is 5.75 Å². The maximum atomic E-state index is 13.6. The van der Waals surface area contributed by atoms with E-state index in [0.717, 1.165) is 11.6 Å². The Hall–Kier alpha value is -4.01. The van der Waals surface area contributed by atoms with Crippen LogP contribution >= 0.6 is 0 Å². The molecule has 0 atom stereocenters. The first-order valence-corrected chi connectivity index (χ1v) is 9.79. The molecule has 32 heavy (non-hydrogen) atoms. The minimum atomic E-state index is -0.842. The number of nitrogens with two attached hydrogens (primary N) is 2. The van der Waals surface area contributed by atoms with Crippen LogP contribution in [0.4, 0.5) is 8.78 Å². The van der Waals surface area contributed by atoms with E-state index in [-0.39, 0.29) is 28.4 Å². The number of hydrogen-bond donors (Lipinski definition) is 3. The van der Waals surface area contributed by atoms with Gasteiger partial charge in [0.25, 0.3) is 11.8 Å². The summed E-state index contributed by atoms with van der Waals surface area (Å²) < 4.78 is 32.0. The van der Waals surface area contributed by atoms with Crippen LogP contribution in [-0.2, 0) is 0 Å². The number of ether oxygens (including phenoxy) is 1. The molecule has 0 bridgehead atoms. The molecular weight excluding hydrogens is 418 g/mol. The van der Waals surface area contributed by atoms with E-state index < -0.39 is 17.6 Å². The number of nitrogens with one attached hydrogen (secondary N) is 1. The summed E-state index contributed by atoms with van der Waals surface area (Å²) in [6.07, 6.45) is 1.16. The second kappa shape index (κ2) is 9.86. The molecule has 0 unspecified atom stereocenters. The predicted octanol–water partition coefficient (Wildman–Crippen LogP) is 3.39. The van der Waals surface area contributed by atoms with Gasteiger partial charge in [0, 0.05) is 11.5 Å². The topological polar surface area (TPSA) is 120 Å². The van der Waals surface area contributed by atoms with Crippen molar-refractivity contribution in [3.63, 3.8) is 0 Å². The number of aromatic nitrogens is 1. The Morgan fingerprint density at radius 3 is 2.41 bits per heavy atom. The quantitative estimate of drug-likeness (QED) is 0.464. The van der Waals surface area contributed by atoms with E-state index in [0.29, 0.717) is 30.6 Å². The van der Waals surface area contributed by atoms with Crippen LogP contribution in [0.5, 0.6) is 5.75 Å². The second-order valence-electron chi connectivity index (χ2n) is 7.13. The Morgan fingerprint density at radius 1 is 1.03 bits per heavy atom. The molecule has 0 aliphatic rings. The molecule has 0 saturated carbocycles. The Kier molecular flexibility index (Phi) is 6.99. The van der Waals surface area contributed by atoms with Crippen molar-refractivity contribution < 1.29 is 23.1 Å². The van der Waals surface area contributed by atoms with Crippen molar-refractivity contribution in [1.29, 1.82) is 0 Å². The zero-order valence-electron chi connectivity index (χ0n) is 17.3. The van der Waals surface area contributed by atoms with Gasteiger partial charge < -0.3 is 21.5 Å². The van der Waals surface area contributed by atoms with Gasteiger partial charge in [0.05, 0.1) is 17.7 Å².